The van der Waals surface area contributed by atoms with Gasteiger partial charge in [-0.25, -0.2) is 0 Å². The van der Waals surface area contributed by atoms with Crippen LogP contribution in [0.15, 0.2) is 42.5 Å². The Balaban J connectivity index is 1.96. The average Bonchev–Trinajstić information content (AvgIpc) is 2.81. The minimum absolute atomic E-state index is 0.0478. The van der Waals surface area contributed by atoms with E-state index in [4.69, 9.17) is 21.1 Å². The summed E-state index contributed by atoms with van der Waals surface area (Å²) in [6.45, 7) is 7.93. The molecule has 9 nitrogen and oxygen atoms in total. The molecule has 0 heterocycles. The van der Waals surface area contributed by atoms with Crippen LogP contribution >= 0.6 is 11.6 Å². The second-order valence-corrected chi connectivity index (χ2v) is 8.31. The average molecular weight is 492 g/mol. The van der Waals surface area contributed by atoms with Gasteiger partial charge in [0.05, 0.1) is 24.7 Å². The Morgan fingerprint density at radius 1 is 1.09 bits per heavy atom. The van der Waals surface area contributed by atoms with Crippen LogP contribution < -0.4 is 10.6 Å². The molecule has 0 aliphatic rings. The number of rotatable bonds is 13. The monoisotopic (exact) mass is 491 g/mol. The van der Waals surface area contributed by atoms with Gasteiger partial charge in [0.15, 0.2) is 0 Å². The predicted molar refractivity (Wildman–Crippen MR) is 129 cm³/mol. The largest absolute Gasteiger partial charge is 0.379 e. The summed E-state index contributed by atoms with van der Waals surface area (Å²) in [6.07, 6.45) is 0. The first-order valence-corrected chi connectivity index (χ1v) is 11.4. The molecular weight excluding hydrogens is 462 g/mol. The molecule has 10 heteroatoms. The van der Waals surface area contributed by atoms with Crippen molar-refractivity contribution in [2.24, 2.45) is 5.92 Å². The van der Waals surface area contributed by atoms with E-state index in [-0.39, 0.29) is 34.6 Å². The fourth-order valence-electron chi connectivity index (χ4n) is 3.13. The lowest BCUT2D eigenvalue weighted by molar-refractivity contribution is -0.384. The highest BCUT2D eigenvalue weighted by Crippen LogP contribution is 2.25. The quantitative estimate of drug-likeness (QED) is 0.249. The Kier molecular flexibility index (Phi) is 10.9. The highest BCUT2D eigenvalue weighted by atomic mass is 35.5. The van der Waals surface area contributed by atoms with E-state index in [1.807, 2.05) is 31.2 Å². The van der Waals surface area contributed by atoms with Gasteiger partial charge in [0.2, 0.25) is 5.91 Å². The third-order valence-electron chi connectivity index (χ3n) is 4.94. The molecule has 0 aromatic heterocycles. The first-order chi connectivity index (χ1) is 16.2. The van der Waals surface area contributed by atoms with Crippen molar-refractivity contribution in [2.45, 2.75) is 40.0 Å². The van der Waals surface area contributed by atoms with Crippen LogP contribution in [0.5, 0.6) is 0 Å². The molecular formula is C24H30ClN3O6. The Labute approximate surface area is 203 Å². The second-order valence-electron chi connectivity index (χ2n) is 7.91. The van der Waals surface area contributed by atoms with Gasteiger partial charge in [-0.2, -0.15) is 0 Å². The molecule has 1 unspecified atom stereocenters. The number of amides is 2. The number of ether oxygens (including phenoxy) is 2. The molecule has 0 bridgehead atoms. The van der Waals surface area contributed by atoms with E-state index in [2.05, 4.69) is 10.6 Å². The first kappa shape index (κ1) is 27.2. The van der Waals surface area contributed by atoms with E-state index in [0.29, 0.717) is 26.4 Å². The number of halogens is 1. The van der Waals surface area contributed by atoms with Crippen LogP contribution in [0.3, 0.4) is 0 Å². The molecule has 1 atom stereocenters. The van der Waals surface area contributed by atoms with E-state index in [0.717, 1.165) is 17.2 Å². The third-order valence-corrected chi connectivity index (χ3v) is 5.26. The summed E-state index contributed by atoms with van der Waals surface area (Å²) in [7, 11) is 0. The van der Waals surface area contributed by atoms with E-state index < -0.39 is 16.9 Å². The highest BCUT2D eigenvalue weighted by molar-refractivity contribution is 6.32. The minimum Gasteiger partial charge on any atom is -0.379 e. The van der Waals surface area contributed by atoms with Crippen molar-refractivity contribution in [1.82, 2.24) is 10.6 Å². The number of nitro benzene ring substituents is 1. The lowest BCUT2D eigenvalue weighted by Crippen LogP contribution is -2.49. The molecule has 2 N–H and O–H groups in total. The Bertz CT molecular complexity index is 998. The number of hydrogen-bond acceptors (Lipinski definition) is 6. The number of carbonyl (C=O) groups excluding carboxylic acids is 2. The number of carbonyl (C=O) groups is 2. The van der Waals surface area contributed by atoms with Crippen LogP contribution in [0.2, 0.25) is 5.02 Å². The number of benzene rings is 2. The molecule has 184 valence electrons. The maximum absolute atomic E-state index is 12.8. The van der Waals surface area contributed by atoms with Crippen molar-refractivity contribution in [1.29, 1.82) is 0 Å². The summed E-state index contributed by atoms with van der Waals surface area (Å²) < 4.78 is 10.8. The van der Waals surface area contributed by atoms with Crippen LogP contribution in [0.4, 0.5) is 5.69 Å². The molecule has 0 saturated heterocycles. The number of nitrogens with zero attached hydrogens (tertiary/aromatic N) is 1. The van der Waals surface area contributed by atoms with E-state index >= 15 is 0 Å². The van der Waals surface area contributed by atoms with Gasteiger partial charge >= 0.3 is 0 Å². The smallest absolute Gasteiger partial charge is 0.288 e. The number of hydrogen-bond donors (Lipinski definition) is 2. The SMILES string of the molecule is CCOCCOCc1cccc(CNC(=O)C(NC(=O)c2ccc(Cl)c([N+](=O)[O-])c2)C(C)C)c1. The summed E-state index contributed by atoms with van der Waals surface area (Å²) in [5.41, 5.74) is 1.54. The van der Waals surface area contributed by atoms with Gasteiger partial charge in [-0.1, -0.05) is 49.7 Å². The van der Waals surface area contributed by atoms with Crippen molar-refractivity contribution < 1.29 is 24.0 Å². The summed E-state index contributed by atoms with van der Waals surface area (Å²) in [4.78, 5) is 35.9. The summed E-state index contributed by atoms with van der Waals surface area (Å²) in [5, 5.41) is 16.5. The maximum atomic E-state index is 12.8. The van der Waals surface area contributed by atoms with Gasteiger partial charge in [-0.05, 0) is 36.1 Å². The standard InChI is InChI=1S/C24H30ClN3O6/c1-4-33-10-11-34-15-18-7-5-6-17(12-18)14-26-24(30)22(16(2)3)27-23(29)19-8-9-20(25)21(13-19)28(31)32/h5-9,12-13,16,22H,4,10-11,14-15H2,1-3H3,(H,26,30)(H,27,29). The van der Waals surface area contributed by atoms with E-state index in [9.17, 15) is 19.7 Å². The highest BCUT2D eigenvalue weighted by Gasteiger charge is 2.25. The molecule has 0 aliphatic heterocycles. The first-order valence-electron chi connectivity index (χ1n) is 11.0. The van der Waals surface area contributed by atoms with E-state index in [1.54, 1.807) is 13.8 Å². The lowest BCUT2D eigenvalue weighted by atomic mass is 10.0. The molecule has 2 aromatic rings. The molecule has 34 heavy (non-hydrogen) atoms. The van der Waals surface area contributed by atoms with Gasteiger partial charge in [-0.3, -0.25) is 19.7 Å². The topological polar surface area (TPSA) is 120 Å². The predicted octanol–water partition coefficient (Wildman–Crippen LogP) is 3.87. The lowest BCUT2D eigenvalue weighted by Gasteiger charge is -2.22. The van der Waals surface area contributed by atoms with Crippen molar-refractivity contribution >= 4 is 29.1 Å². The zero-order valence-electron chi connectivity index (χ0n) is 19.5. The fourth-order valence-corrected chi connectivity index (χ4v) is 3.32. The summed E-state index contributed by atoms with van der Waals surface area (Å²) in [6, 6.07) is 10.6. The fraction of sp³-hybridized carbons (Fsp3) is 0.417. The summed E-state index contributed by atoms with van der Waals surface area (Å²) >= 11 is 5.81. The van der Waals surface area contributed by atoms with Crippen molar-refractivity contribution in [2.75, 3.05) is 19.8 Å². The van der Waals surface area contributed by atoms with Gasteiger partial charge in [0.1, 0.15) is 11.1 Å². The molecule has 0 radical (unpaired) electrons. The van der Waals surface area contributed by atoms with Crippen LogP contribution in [0, 0.1) is 16.0 Å². The van der Waals surface area contributed by atoms with Crippen molar-refractivity contribution in [3.05, 3.63) is 74.3 Å². The maximum Gasteiger partial charge on any atom is 0.288 e. The van der Waals surface area contributed by atoms with Crippen LogP contribution in [-0.4, -0.2) is 42.6 Å². The Hall–Kier alpha value is -3.01. The van der Waals surface area contributed by atoms with Gasteiger partial charge in [-0.15, -0.1) is 0 Å². The number of nitro groups is 1. The molecule has 0 aliphatic carbocycles. The zero-order chi connectivity index (χ0) is 25.1. The second kappa shape index (κ2) is 13.6. The Morgan fingerprint density at radius 2 is 1.79 bits per heavy atom. The van der Waals surface area contributed by atoms with Gasteiger partial charge in [0.25, 0.3) is 11.6 Å². The number of nitrogens with one attached hydrogen (secondary N) is 2. The van der Waals surface area contributed by atoms with Crippen LogP contribution in [-0.2, 0) is 27.4 Å². The van der Waals surface area contributed by atoms with Crippen LogP contribution in [0.1, 0.15) is 42.3 Å². The van der Waals surface area contributed by atoms with Crippen molar-refractivity contribution in [3.8, 4) is 0 Å². The Morgan fingerprint density at radius 3 is 2.47 bits per heavy atom. The van der Waals surface area contributed by atoms with Gasteiger partial charge in [0, 0.05) is 24.8 Å². The van der Waals surface area contributed by atoms with Crippen LogP contribution in [0.25, 0.3) is 0 Å². The molecule has 2 amide bonds. The normalized spacial score (nSPS) is 11.8. The molecule has 2 aromatic carbocycles. The third kappa shape index (κ3) is 8.40. The van der Waals surface area contributed by atoms with Gasteiger partial charge < -0.3 is 20.1 Å². The molecule has 0 fully saturated rings. The molecule has 0 spiro atoms. The molecule has 0 saturated carbocycles. The van der Waals surface area contributed by atoms with Crippen molar-refractivity contribution in [3.63, 3.8) is 0 Å². The molecule has 2 rings (SSSR count). The minimum atomic E-state index is -0.827. The summed E-state index contributed by atoms with van der Waals surface area (Å²) in [5.74, 6) is -1.17. The zero-order valence-corrected chi connectivity index (χ0v) is 20.3. The van der Waals surface area contributed by atoms with E-state index in [1.165, 1.54) is 12.1 Å².